The third-order valence-corrected chi connectivity index (χ3v) is 2.62. The lowest BCUT2D eigenvalue weighted by atomic mass is 10.0. The van der Waals surface area contributed by atoms with E-state index in [1.54, 1.807) is 18.5 Å². The molecule has 0 spiro atoms. The molecule has 0 bridgehead atoms. The number of hydrogen-bond donors (Lipinski definition) is 1. The number of anilines is 2. The first-order valence-electron chi connectivity index (χ1n) is 5.48. The number of benzene rings is 1. The van der Waals surface area contributed by atoms with Crippen molar-refractivity contribution in [3.05, 3.63) is 53.9 Å². The molecule has 0 saturated carbocycles. The summed E-state index contributed by atoms with van der Waals surface area (Å²) >= 11 is 0. The molecule has 0 saturated heterocycles. The largest absolute Gasteiger partial charge is 0.324 e. The smallest absolute Gasteiger partial charge is 0.227 e. The molecule has 0 atom stereocenters. The maximum absolute atomic E-state index is 4.13. The lowest BCUT2D eigenvalue weighted by Gasteiger charge is -2.10. The van der Waals surface area contributed by atoms with Gasteiger partial charge in [-0.15, -0.1) is 0 Å². The van der Waals surface area contributed by atoms with Gasteiger partial charge in [-0.05, 0) is 48.7 Å². The van der Waals surface area contributed by atoms with Crippen LogP contribution in [0.1, 0.15) is 16.7 Å². The summed E-state index contributed by atoms with van der Waals surface area (Å²) in [6.45, 7) is 7.96. The van der Waals surface area contributed by atoms with Gasteiger partial charge in [0, 0.05) is 18.1 Å². The molecule has 3 heteroatoms. The van der Waals surface area contributed by atoms with Crippen molar-refractivity contribution in [3.63, 3.8) is 0 Å². The fraction of sp³-hybridized carbons (Fsp3) is 0.143. The maximum Gasteiger partial charge on any atom is 0.227 e. The van der Waals surface area contributed by atoms with Gasteiger partial charge in [-0.3, -0.25) is 0 Å². The lowest BCUT2D eigenvalue weighted by molar-refractivity contribution is 1.16. The van der Waals surface area contributed by atoms with E-state index >= 15 is 0 Å². The molecule has 1 N–H and O–H groups in total. The Hall–Kier alpha value is -2.16. The molecule has 2 rings (SSSR count). The second kappa shape index (κ2) is 4.78. The summed E-state index contributed by atoms with van der Waals surface area (Å²) < 4.78 is 0. The van der Waals surface area contributed by atoms with Gasteiger partial charge in [0.05, 0.1) is 0 Å². The normalized spacial score (nSPS) is 10.0. The molecule has 0 aliphatic carbocycles. The van der Waals surface area contributed by atoms with Crippen LogP contribution in [-0.4, -0.2) is 9.97 Å². The number of aryl methyl sites for hydroxylation is 2. The summed E-state index contributed by atoms with van der Waals surface area (Å²) in [5, 5.41) is 3.18. The zero-order valence-electron chi connectivity index (χ0n) is 10.1. The van der Waals surface area contributed by atoms with Crippen molar-refractivity contribution < 1.29 is 0 Å². The Morgan fingerprint density at radius 3 is 2.24 bits per heavy atom. The van der Waals surface area contributed by atoms with Crippen molar-refractivity contribution >= 4 is 17.7 Å². The average molecular weight is 225 g/mol. The molecule has 1 aromatic carbocycles. The van der Waals surface area contributed by atoms with Crippen LogP contribution in [0.15, 0.2) is 37.2 Å². The molecule has 0 radical (unpaired) electrons. The molecule has 2 aromatic rings. The van der Waals surface area contributed by atoms with Gasteiger partial charge in [0.25, 0.3) is 0 Å². The summed E-state index contributed by atoms with van der Waals surface area (Å²) in [4.78, 5) is 8.27. The van der Waals surface area contributed by atoms with E-state index in [1.807, 2.05) is 6.08 Å². The highest BCUT2D eigenvalue weighted by Crippen LogP contribution is 2.22. The van der Waals surface area contributed by atoms with Crippen LogP contribution in [-0.2, 0) is 0 Å². The van der Waals surface area contributed by atoms with Gasteiger partial charge < -0.3 is 5.32 Å². The van der Waals surface area contributed by atoms with Gasteiger partial charge in [-0.1, -0.05) is 12.7 Å². The van der Waals surface area contributed by atoms with Crippen LogP contribution in [0.5, 0.6) is 0 Å². The van der Waals surface area contributed by atoms with Crippen LogP contribution < -0.4 is 5.32 Å². The third-order valence-electron chi connectivity index (χ3n) is 2.62. The summed E-state index contributed by atoms with van der Waals surface area (Å²) in [5.41, 5.74) is 4.57. The van der Waals surface area contributed by atoms with Crippen LogP contribution >= 0.6 is 0 Å². The van der Waals surface area contributed by atoms with Crippen molar-refractivity contribution in [1.82, 2.24) is 9.97 Å². The summed E-state index contributed by atoms with van der Waals surface area (Å²) in [6.07, 6.45) is 5.31. The molecule has 0 amide bonds. The molecule has 3 nitrogen and oxygen atoms in total. The van der Waals surface area contributed by atoms with Gasteiger partial charge in [-0.2, -0.15) is 0 Å². The minimum absolute atomic E-state index is 0.609. The standard InChI is InChI=1S/C14H15N3/c1-4-13-10(2)8-12(9-11(13)3)17-14-15-6-5-7-16-14/h4-9H,1H2,2-3H3,(H,15,16,17). The maximum atomic E-state index is 4.13. The minimum Gasteiger partial charge on any atom is -0.324 e. The molecule has 0 fully saturated rings. The van der Waals surface area contributed by atoms with Crippen LogP contribution in [0, 0.1) is 13.8 Å². The van der Waals surface area contributed by atoms with E-state index in [9.17, 15) is 0 Å². The van der Waals surface area contributed by atoms with E-state index in [0.717, 1.165) is 5.69 Å². The lowest BCUT2D eigenvalue weighted by Crippen LogP contribution is -1.97. The van der Waals surface area contributed by atoms with Crippen LogP contribution in [0.2, 0.25) is 0 Å². The molecule has 86 valence electrons. The molecule has 0 aliphatic heterocycles. The van der Waals surface area contributed by atoms with Crippen molar-refractivity contribution in [2.75, 3.05) is 5.32 Å². The Kier molecular flexibility index (Phi) is 3.19. The minimum atomic E-state index is 0.609. The van der Waals surface area contributed by atoms with Gasteiger partial charge in [0.15, 0.2) is 0 Å². The Bertz CT molecular complexity index is 509. The topological polar surface area (TPSA) is 37.8 Å². The van der Waals surface area contributed by atoms with Gasteiger partial charge in [-0.25, -0.2) is 9.97 Å². The van der Waals surface area contributed by atoms with Crippen molar-refractivity contribution in [2.24, 2.45) is 0 Å². The predicted octanol–water partition coefficient (Wildman–Crippen LogP) is 3.48. The average Bonchev–Trinajstić information content (AvgIpc) is 2.30. The monoisotopic (exact) mass is 225 g/mol. The molecular formula is C14H15N3. The molecule has 1 heterocycles. The van der Waals surface area contributed by atoms with E-state index in [1.165, 1.54) is 16.7 Å². The van der Waals surface area contributed by atoms with E-state index in [4.69, 9.17) is 0 Å². The predicted molar refractivity (Wildman–Crippen MR) is 71.3 cm³/mol. The van der Waals surface area contributed by atoms with Crippen molar-refractivity contribution in [3.8, 4) is 0 Å². The zero-order chi connectivity index (χ0) is 12.3. The molecule has 1 aromatic heterocycles. The quantitative estimate of drug-likeness (QED) is 0.869. The number of hydrogen-bond acceptors (Lipinski definition) is 3. The van der Waals surface area contributed by atoms with Gasteiger partial charge >= 0.3 is 0 Å². The van der Waals surface area contributed by atoms with Crippen molar-refractivity contribution in [2.45, 2.75) is 13.8 Å². The number of rotatable bonds is 3. The molecule has 17 heavy (non-hydrogen) atoms. The van der Waals surface area contributed by atoms with Gasteiger partial charge in [0.1, 0.15) is 0 Å². The number of aromatic nitrogens is 2. The van der Waals surface area contributed by atoms with E-state index in [-0.39, 0.29) is 0 Å². The Morgan fingerprint density at radius 1 is 1.12 bits per heavy atom. The Labute approximate surface area is 101 Å². The highest BCUT2D eigenvalue weighted by Gasteiger charge is 2.03. The first-order valence-corrected chi connectivity index (χ1v) is 5.48. The highest BCUT2D eigenvalue weighted by atomic mass is 15.1. The second-order valence-electron chi connectivity index (χ2n) is 3.93. The van der Waals surface area contributed by atoms with Crippen molar-refractivity contribution in [1.29, 1.82) is 0 Å². The SMILES string of the molecule is C=Cc1c(C)cc(Nc2ncccn2)cc1C. The highest BCUT2D eigenvalue weighted by molar-refractivity contribution is 5.64. The number of nitrogens with zero attached hydrogens (tertiary/aromatic N) is 2. The van der Waals surface area contributed by atoms with Gasteiger partial charge in [0.2, 0.25) is 5.95 Å². The van der Waals surface area contributed by atoms with Crippen LogP contribution in [0.25, 0.3) is 6.08 Å². The zero-order valence-corrected chi connectivity index (χ0v) is 10.1. The fourth-order valence-corrected chi connectivity index (χ4v) is 1.86. The summed E-state index contributed by atoms with van der Waals surface area (Å²) in [6, 6.07) is 5.93. The van der Waals surface area contributed by atoms with E-state index < -0.39 is 0 Å². The first-order chi connectivity index (χ1) is 8.20. The Balaban J connectivity index is 2.32. The molecular weight excluding hydrogens is 210 g/mol. The summed E-state index contributed by atoms with van der Waals surface area (Å²) in [5.74, 6) is 0.609. The third kappa shape index (κ3) is 2.50. The van der Waals surface area contributed by atoms with Crippen LogP contribution in [0.3, 0.4) is 0 Å². The fourth-order valence-electron chi connectivity index (χ4n) is 1.86. The molecule has 0 unspecified atom stereocenters. The Morgan fingerprint density at radius 2 is 1.71 bits per heavy atom. The second-order valence-corrected chi connectivity index (χ2v) is 3.93. The first kappa shape index (κ1) is 11.3. The van der Waals surface area contributed by atoms with Crippen LogP contribution in [0.4, 0.5) is 11.6 Å². The molecule has 0 aliphatic rings. The summed E-state index contributed by atoms with van der Waals surface area (Å²) in [7, 11) is 0. The number of nitrogens with one attached hydrogen (secondary N) is 1. The van der Waals surface area contributed by atoms with E-state index in [0.29, 0.717) is 5.95 Å². The van der Waals surface area contributed by atoms with E-state index in [2.05, 4.69) is 47.8 Å².